The number of carbonyl (C=O) groups excluding carboxylic acids is 1. The Labute approximate surface area is 120 Å². The SMILES string of the molecule is CS(=O)(=O)Nc1ccc(NC(=O)Nc2nccs2)cc1. The third kappa shape index (κ3) is 4.52. The van der Waals surface area contributed by atoms with Gasteiger partial charge in [0.15, 0.2) is 5.13 Å². The van der Waals surface area contributed by atoms with E-state index in [0.29, 0.717) is 16.5 Å². The molecule has 0 bridgehead atoms. The Balaban J connectivity index is 1.95. The highest BCUT2D eigenvalue weighted by Crippen LogP contribution is 2.15. The van der Waals surface area contributed by atoms with Crippen LogP contribution in [0.2, 0.25) is 0 Å². The summed E-state index contributed by atoms with van der Waals surface area (Å²) in [5, 5.41) is 7.43. The molecule has 20 heavy (non-hydrogen) atoms. The van der Waals surface area contributed by atoms with Gasteiger partial charge in [-0.15, -0.1) is 11.3 Å². The standard InChI is InChI=1S/C11H12N4O3S2/c1-20(17,18)15-9-4-2-8(3-5-9)13-10(16)14-11-12-6-7-19-11/h2-7,15H,1H3,(H2,12,13,14,16). The minimum absolute atomic E-state index is 0.413. The molecule has 0 saturated carbocycles. The first kappa shape index (κ1) is 14.3. The van der Waals surface area contributed by atoms with E-state index >= 15 is 0 Å². The molecule has 9 heteroatoms. The van der Waals surface area contributed by atoms with E-state index in [9.17, 15) is 13.2 Å². The molecule has 2 rings (SSSR count). The van der Waals surface area contributed by atoms with Crippen molar-refractivity contribution < 1.29 is 13.2 Å². The fourth-order valence-corrected chi connectivity index (χ4v) is 2.47. The highest BCUT2D eigenvalue weighted by molar-refractivity contribution is 7.92. The van der Waals surface area contributed by atoms with Crippen molar-refractivity contribution >= 4 is 43.9 Å². The monoisotopic (exact) mass is 312 g/mol. The van der Waals surface area contributed by atoms with Crippen molar-refractivity contribution in [2.24, 2.45) is 0 Å². The van der Waals surface area contributed by atoms with E-state index in [4.69, 9.17) is 0 Å². The van der Waals surface area contributed by atoms with Gasteiger partial charge in [-0.2, -0.15) is 0 Å². The van der Waals surface area contributed by atoms with Crippen LogP contribution in [-0.4, -0.2) is 25.7 Å². The molecule has 106 valence electrons. The summed E-state index contributed by atoms with van der Waals surface area (Å²) in [6.45, 7) is 0. The van der Waals surface area contributed by atoms with Gasteiger partial charge in [0, 0.05) is 23.0 Å². The van der Waals surface area contributed by atoms with Crippen molar-refractivity contribution in [3.8, 4) is 0 Å². The number of urea groups is 1. The lowest BCUT2D eigenvalue weighted by Crippen LogP contribution is -2.19. The van der Waals surface area contributed by atoms with Crippen molar-refractivity contribution in [1.29, 1.82) is 0 Å². The van der Waals surface area contributed by atoms with Crippen LogP contribution in [0.4, 0.5) is 21.3 Å². The number of aromatic nitrogens is 1. The summed E-state index contributed by atoms with van der Waals surface area (Å²) in [6.07, 6.45) is 2.66. The molecule has 0 saturated heterocycles. The van der Waals surface area contributed by atoms with Gasteiger partial charge in [0.1, 0.15) is 0 Å². The highest BCUT2D eigenvalue weighted by Gasteiger charge is 2.05. The summed E-state index contributed by atoms with van der Waals surface area (Å²) in [4.78, 5) is 15.5. The fourth-order valence-electron chi connectivity index (χ4n) is 1.38. The first-order valence-electron chi connectivity index (χ1n) is 5.48. The van der Waals surface area contributed by atoms with Gasteiger partial charge < -0.3 is 5.32 Å². The van der Waals surface area contributed by atoms with Crippen molar-refractivity contribution in [3.05, 3.63) is 35.8 Å². The molecule has 7 nitrogen and oxygen atoms in total. The van der Waals surface area contributed by atoms with Crippen molar-refractivity contribution in [1.82, 2.24) is 4.98 Å². The van der Waals surface area contributed by atoms with E-state index in [1.165, 1.54) is 11.3 Å². The van der Waals surface area contributed by atoms with Gasteiger partial charge in [-0.25, -0.2) is 18.2 Å². The topological polar surface area (TPSA) is 100 Å². The quantitative estimate of drug-likeness (QED) is 0.805. The number of benzene rings is 1. The molecule has 0 unspecified atom stereocenters. The fraction of sp³-hybridized carbons (Fsp3) is 0.0909. The molecule has 1 aromatic carbocycles. The molecule has 1 heterocycles. The molecule has 0 fully saturated rings. The Bertz CT molecular complexity index is 681. The summed E-state index contributed by atoms with van der Waals surface area (Å²) in [7, 11) is -3.30. The van der Waals surface area contributed by atoms with E-state index in [-0.39, 0.29) is 0 Å². The number of nitrogens with one attached hydrogen (secondary N) is 3. The second-order valence-corrected chi connectivity index (χ2v) is 6.51. The van der Waals surface area contributed by atoms with Gasteiger partial charge in [-0.3, -0.25) is 10.0 Å². The van der Waals surface area contributed by atoms with E-state index in [2.05, 4.69) is 20.3 Å². The van der Waals surface area contributed by atoms with Crippen LogP contribution in [-0.2, 0) is 10.0 Å². The Morgan fingerprint density at radius 3 is 2.35 bits per heavy atom. The Kier molecular flexibility index (Phi) is 4.20. The van der Waals surface area contributed by atoms with Crippen molar-refractivity contribution in [2.75, 3.05) is 21.6 Å². The van der Waals surface area contributed by atoms with Gasteiger partial charge in [-0.05, 0) is 24.3 Å². The van der Waals surface area contributed by atoms with Gasteiger partial charge >= 0.3 is 6.03 Å². The molecule has 0 spiro atoms. The lowest BCUT2D eigenvalue weighted by atomic mass is 10.3. The summed E-state index contributed by atoms with van der Waals surface area (Å²) >= 11 is 1.31. The number of hydrogen-bond acceptors (Lipinski definition) is 5. The van der Waals surface area contributed by atoms with Crippen molar-refractivity contribution in [2.45, 2.75) is 0 Å². The zero-order valence-electron chi connectivity index (χ0n) is 10.5. The first-order valence-corrected chi connectivity index (χ1v) is 8.25. The average molecular weight is 312 g/mol. The predicted octanol–water partition coefficient (Wildman–Crippen LogP) is 2.16. The molecule has 2 aromatic rings. The summed E-state index contributed by atoms with van der Waals surface area (Å²) in [6, 6.07) is 5.88. The predicted molar refractivity (Wildman–Crippen MR) is 79.7 cm³/mol. The van der Waals surface area contributed by atoms with Crippen LogP contribution in [0.15, 0.2) is 35.8 Å². The van der Waals surface area contributed by atoms with Crippen molar-refractivity contribution in [3.63, 3.8) is 0 Å². The van der Waals surface area contributed by atoms with Crippen LogP contribution < -0.4 is 15.4 Å². The molecule has 0 aliphatic carbocycles. The van der Waals surface area contributed by atoms with Gasteiger partial charge in [0.05, 0.1) is 6.26 Å². The second-order valence-electron chi connectivity index (χ2n) is 3.87. The summed E-state index contributed by atoms with van der Waals surface area (Å²) in [5.41, 5.74) is 0.969. The molecular formula is C11H12N4O3S2. The third-order valence-corrected chi connectivity index (χ3v) is 3.39. The van der Waals surface area contributed by atoms with E-state index < -0.39 is 16.1 Å². The highest BCUT2D eigenvalue weighted by atomic mass is 32.2. The number of anilines is 3. The van der Waals surface area contributed by atoms with E-state index in [1.54, 1.807) is 35.8 Å². The second kappa shape index (κ2) is 5.88. The van der Waals surface area contributed by atoms with E-state index in [0.717, 1.165) is 6.26 Å². The number of rotatable bonds is 4. The summed E-state index contributed by atoms with van der Waals surface area (Å²) in [5.74, 6) is 0. The molecule has 2 amide bonds. The number of hydrogen-bond donors (Lipinski definition) is 3. The van der Waals surface area contributed by atoms with Crippen LogP contribution in [0.1, 0.15) is 0 Å². The van der Waals surface area contributed by atoms with Crippen LogP contribution in [0.5, 0.6) is 0 Å². The average Bonchev–Trinajstić information content (AvgIpc) is 2.82. The minimum atomic E-state index is -3.30. The molecule has 0 radical (unpaired) electrons. The molecule has 1 aromatic heterocycles. The zero-order valence-corrected chi connectivity index (χ0v) is 12.1. The number of sulfonamides is 1. The first-order chi connectivity index (χ1) is 9.42. The maximum Gasteiger partial charge on any atom is 0.325 e. The molecule has 0 atom stereocenters. The summed E-state index contributed by atoms with van der Waals surface area (Å²) < 4.78 is 24.4. The normalized spacial score (nSPS) is 10.8. The molecule has 0 aliphatic heterocycles. The number of carbonyl (C=O) groups is 1. The number of amides is 2. The maximum absolute atomic E-state index is 11.6. The lowest BCUT2D eigenvalue weighted by molar-refractivity contribution is 0.262. The third-order valence-electron chi connectivity index (χ3n) is 2.10. The molecular weight excluding hydrogens is 300 g/mol. The Morgan fingerprint density at radius 1 is 1.15 bits per heavy atom. The lowest BCUT2D eigenvalue weighted by Gasteiger charge is -2.07. The van der Waals surface area contributed by atoms with E-state index in [1.807, 2.05) is 0 Å². The van der Waals surface area contributed by atoms with Gasteiger partial charge in [0.25, 0.3) is 0 Å². The van der Waals surface area contributed by atoms with Gasteiger partial charge in [-0.1, -0.05) is 0 Å². The smallest absolute Gasteiger partial charge is 0.308 e. The van der Waals surface area contributed by atoms with Crippen LogP contribution in [0.25, 0.3) is 0 Å². The largest absolute Gasteiger partial charge is 0.325 e. The minimum Gasteiger partial charge on any atom is -0.308 e. The number of thiazole rings is 1. The van der Waals surface area contributed by atoms with Crippen LogP contribution in [0.3, 0.4) is 0 Å². The van der Waals surface area contributed by atoms with Crippen LogP contribution in [0, 0.1) is 0 Å². The van der Waals surface area contributed by atoms with Gasteiger partial charge in [0.2, 0.25) is 10.0 Å². The Hall–Kier alpha value is -2.13. The molecule has 0 aliphatic rings. The molecule has 3 N–H and O–H groups in total. The number of nitrogens with zero attached hydrogens (tertiary/aromatic N) is 1. The van der Waals surface area contributed by atoms with Crippen LogP contribution >= 0.6 is 11.3 Å². The zero-order chi connectivity index (χ0) is 14.6. The maximum atomic E-state index is 11.6. The Morgan fingerprint density at radius 2 is 1.80 bits per heavy atom.